The summed E-state index contributed by atoms with van der Waals surface area (Å²) >= 11 is 0. The first-order chi connectivity index (χ1) is 12.5. The first-order valence-corrected chi connectivity index (χ1v) is 8.48. The van der Waals surface area contributed by atoms with Gasteiger partial charge in [-0.25, -0.2) is 9.37 Å². The van der Waals surface area contributed by atoms with Gasteiger partial charge in [0.15, 0.2) is 5.65 Å². The predicted octanol–water partition coefficient (Wildman–Crippen LogP) is 5.20. The van der Waals surface area contributed by atoms with E-state index in [1.165, 1.54) is 17.7 Å². The zero-order valence-corrected chi connectivity index (χ0v) is 14.9. The molecule has 0 bridgehead atoms. The van der Waals surface area contributed by atoms with Crippen molar-refractivity contribution in [1.29, 1.82) is 0 Å². The van der Waals surface area contributed by atoms with E-state index in [1.54, 1.807) is 16.6 Å². The SMILES string of the molecule is Cc1ccc(-c2nn3c(Nc4ccc(F)cc4)cc(C)nc3c2C)cc1. The summed E-state index contributed by atoms with van der Waals surface area (Å²) in [5, 5.41) is 8.09. The summed E-state index contributed by atoms with van der Waals surface area (Å²) in [4.78, 5) is 4.66. The lowest BCUT2D eigenvalue weighted by Gasteiger charge is -2.09. The molecule has 0 aliphatic heterocycles. The maximum absolute atomic E-state index is 13.2. The van der Waals surface area contributed by atoms with Crippen molar-refractivity contribution < 1.29 is 4.39 Å². The Bertz CT molecular complexity index is 1080. The summed E-state index contributed by atoms with van der Waals surface area (Å²) in [7, 11) is 0. The number of aryl methyl sites for hydroxylation is 3. The standard InChI is InChI=1S/C21H19FN4/c1-13-4-6-16(7-5-13)20-15(3)21-23-14(2)12-19(26(21)25-20)24-18-10-8-17(22)9-11-18/h4-12,24H,1-3H3. The molecule has 2 heterocycles. The lowest BCUT2D eigenvalue weighted by molar-refractivity contribution is 0.628. The van der Waals surface area contributed by atoms with Crippen molar-refractivity contribution in [2.75, 3.05) is 5.32 Å². The summed E-state index contributed by atoms with van der Waals surface area (Å²) in [5.74, 6) is 0.531. The van der Waals surface area contributed by atoms with Gasteiger partial charge in [0.25, 0.3) is 0 Å². The first kappa shape index (κ1) is 16.3. The van der Waals surface area contributed by atoms with E-state index < -0.39 is 0 Å². The molecule has 4 aromatic rings. The van der Waals surface area contributed by atoms with Gasteiger partial charge in [0.1, 0.15) is 11.6 Å². The van der Waals surface area contributed by atoms with Gasteiger partial charge in [0, 0.05) is 28.6 Å². The Morgan fingerprint density at radius 1 is 0.923 bits per heavy atom. The van der Waals surface area contributed by atoms with E-state index in [-0.39, 0.29) is 5.82 Å². The van der Waals surface area contributed by atoms with Gasteiger partial charge in [-0.2, -0.15) is 9.61 Å². The van der Waals surface area contributed by atoms with Gasteiger partial charge in [0.2, 0.25) is 0 Å². The second-order valence-corrected chi connectivity index (χ2v) is 6.49. The van der Waals surface area contributed by atoms with Crippen molar-refractivity contribution >= 4 is 17.2 Å². The molecule has 0 aliphatic carbocycles. The minimum absolute atomic E-state index is 0.261. The van der Waals surface area contributed by atoms with Crippen LogP contribution in [-0.4, -0.2) is 14.6 Å². The molecule has 1 N–H and O–H groups in total. The summed E-state index contributed by atoms with van der Waals surface area (Å²) in [6, 6.07) is 16.5. The molecule has 0 fully saturated rings. The van der Waals surface area contributed by atoms with Crippen LogP contribution in [0.4, 0.5) is 15.9 Å². The average molecular weight is 346 g/mol. The maximum atomic E-state index is 13.2. The Kier molecular flexibility index (Phi) is 3.92. The molecule has 0 amide bonds. The summed E-state index contributed by atoms with van der Waals surface area (Å²) in [6.45, 7) is 6.05. The van der Waals surface area contributed by atoms with E-state index in [4.69, 9.17) is 5.10 Å². The normalized spacial score (nSPS) is 11.1. The van der Waals surface area contributed by atoms with Crippen LogP contribution in [0.25, 0.3) is 16.9 Å². The van der Waals surface area contributed by atoms with Gasteiger partial charge in [-0.05, 0) is 45.0 Å². The van der Waals surface area contributed by atoms with Gasteiger partial charge in [-0.1, -0.05) is 29.8 Å². The predicted molar refractivity (Wildman–Crippen MR) is 102 cm³/mol. The zero-order valence-electron chi connectivity index (χ0n) is 14.9. The number of hydrogen-bond acceptors (Lipinski definition) is 3. The van der Waals surface area contributed by atoms with E-state index in [2.05, 4.69) is 41.5 Å². The molecule has 0 spiro atoms. The zero-order chi connectivity index (χ0) is 18.3. The highest BCUT2D eigenvalue weighted by Gasteiger charge is 2.15. The Balaban J connectivity index is 1.84. The molecule has 2 aromatic carbocycles. The fourth-order valence-corrected chi connectivity index (χ4v) is 3.00. The van der Waals surface area contributed by atoms with Gasteiger partial charge in [-0.3, -0.25) is 0 Å². The van der Waals surface area contributed by atoms with Crippen LogP contribution in [0.5, 0.6) is 0 Å². The van der Waals surface area contributed by atoms with Gasteiger partial charge < -0.3 is 5.32 Å². The van der Waals surface area contributed by atoms with E-state index in [0.717, 1.165) is 39.7 Å². The van der Waals surface area contributed by atoms with Gasteiger partial charge >= 0.3 is 0 Å². The average Bonchev–Trinajstić information content (AvgIpc) is 2.95. The van der Waals surface area contributed by atoms with Crippen molar-refractivity contribution in [2.24, 2.45) is 0 Å². The number of nitrogens with zero attached hydrogens (tertiary/aromatic N) is 3. The minimum atomic E-state index is -0.261. The van der Waals surface area contributed by atoms with Crippen LogP contribution in [0.3, 0.4) is 0 Å². The van der Waals surface area contributed by atoms with Crippen LogP contribution in [0.1, 0.15) is 16.8 Å². The number of rotatable bonds is 3. The monoisotopic (exact) mass is 346 g/mol. The van der Waals surface area contributed by atoms with Crippen molar-refractivity contribution in [2.45, 2.75) is 20.8 Å². The highest BCUT2D eigenvalue weighted by Crippen LogP contribution is 2.28. The largest absolute Gasteiger partial charge is 0.340 e. The Hall–Kier alpha value is -3.21. The second kappa shape index (κ2) is 6.26. The third-order valence-electron chi connectivity index (χ3n) is 4.39. The summed E-state index contributed by atoms with van der Waals surface area (Å²) in [6.07, 6.45) is 0. The van der Waals surface area contributed by atoms with Crippen molar-refractivity contribution in [3.05, 3.63) is 77.2 Å². The van der Waals surface area contributed by atoms with Gasteiger partial charge in [0.05, 0.1) is 5.69 Å². The molecule has 0 atom stereocenters. The number of fused-ring (bicyclic) bond motifs is 1. The Morgan fingerprint density at radius 3 is 2.31 bits per heavy atom. The number of hydrogen-bond donors (Lipinski definition) is 1. The topological polar surface area (TPSA) is 42.2 Å². The molecule has 4 rings (SSSR count). The number of halogens is 1. The third-order valence-corrected chi connectivity index (χ3v) is 4.39. The van der Waals surface area contributed by atoms with Crippen LogP contribution >= 0.6 is 0 Å². The molecular formula is C21H19FN4. The number of anilines is 2. The highest BCUT2D eigenvalue weighted by atomic mass is 19.1. The molecule has 0 radical (unpaired) electrons. The van der Waals surface area contributed by atoms with Crippen molar-refractivity contribution in [3.8, 4) is 11.3 Å². The van der Waals surface area contributed by atoms with E-state index in [9.17, 15) is 4.39 Å². The van der Waals surface area contributed by atoms with Crippen molar-refractivity contribution in [3.63, 3.8) is 0 Å². The van der Waals surface area contributed by atoms with E-state index in [0.29, 0.717) is 0 Å². The molecule has 5 heteroatoms. The molecule has 0 aliphatic rings. The van der Waals surface area contributed by atoms with Crippen LogP contribution in [-0.2, 0) is 0 Å². The number of nitrogens with one attached hydrogen (secondary N) is 1. The van der Waals surface area contributed by atoms with Crippen LogP contribution < -0.4 is 5.32 Å². The van der Waals surface area contributed by atoms with Crippen molar-refractivity contribution in [1.82, 2.24) is 14.6 Å². The molecule has 0 saturated carbocycles. The highest BCUT2D eigenvalue weighted by molar-refractivity contribution is 5.72. The fourth-order valence-electron chi connectivity index (χ4n) is 3.00. The van der Waals surface area contributed by atoms with Crippen LogP contribution in [0.2, 0.25) is 0 Å². The molecular weight excluding hydrogens is 327 g/mol. The fraction of sp³-hybridized carbons (Fsp3) is 0.143. The summed E-state index contributed by atoms with van der Waals surface area (Å²) in [5.41, 5.74) is 6.70. The van der Waals surface area contributed by atoms with Crippen LogP contribution in [0.15, 0.2) is 54.6 Å². The van der Waals surface area contributed by atoms with E-state index in [1.807, 2.05) is 19.9 Å². The lowest BCUT2D eigenvalue weighted by Crippen LogP contribution is -2.02. The minimum Gasteiger partial charge on any atom is -0.340 e. The van der Waals surface area contributed by atoms with E-state index >= 15 is 0 Å². The Morgan fingerprint density at radius 2 is 1.62 bits per heavy atom. The molecule has 4 nitrogen and oxygen atoms in total. The molecule has 2 aromatic heterocycles. The third kappa shape index (κ3) is 2.92. The van der Waals surface area contributed by atoms with Gasteiger partial charge in [-0.15, -0.1) is 0 Å². The Labute approximate surface area is 151 Å². The second-order valence-electron chi connectivity index (χ2n) is 6.49. The number of aromatic nitrogens is 3. The lowest BCUT2D eigenvalue weighted by atomic mass is 10.1. The quantitative estimate of drug-likeness (QED) is 0.554. The molecule has 130 valence electrons. The number of benzene rings is 2. The smallest absolute Gasteiger partial charge is 0.161 e. The van der Waals surface area contributed by atoms with Crippen LogP contribution in [0, 0.1) is 26.6 Å². The summed E-state index contributed by atoms with van der Waals surface area (Å²) < 4.78 is 15.0. The first-order valence-electron chi connectivity index (χ1n) is 8.48. The molecule has 0 unspecified atom stereocenters. The molecule has 26 heavy (non-hydrogen) atoms. The maximum Gasteiger partial charge on any atom is 0.161 e. The molecule has 0 saturated heterocycles.